The van der Waals surface area contributed by atoms with Crippen LogP contribution < -0.4 is 0 Å². The maximum absolute atomic E-state index is 15.2. The molecule has 0 bridgehead atoms. The van der Waals surface area contributed by atoms with Crippen LogP contribution in [0.2, 0.25) is 0 Å². The van der Waals surface area contributed by atoms with Crippen molar-refractivity contribution in [3.05, 3.63) is 107 Å². The average molecular weight is 725 g/mol. The predicted molar refractivity (Wildman–Crippen MR) is 160 cm³/mol. The van der Waals surface area contributed by atoms with E-state index in [0.29, 0.717) is 22.1 Å². The molecule has 0 N–H and O–H groups in total. The predicted octanol–water partition coefficient (Wildman–Crippen LogP) is 10.9. The first-order chi connectivity index (χ1) is 21.7. The lowest BCUT2D eigenvalue weighted by Gasteiger charge is -2.41. The zero-order valence-corrected chi connectivity index (χ0v) is 26.4. The van der Waals surface area contributed by atoms with Crippen molar-refractivity contribution in [2.24, 2.45) is 0 Å². The first kappa shape index (κ1) is 34.7. The Morgan fingerprint density at radius 1 is 0.617 bits per heavy atom. The Morgan fingerprint density at radius 2 is 1.09 bits per heavy atom. The highest BCUT2D eigenvalue weighted by Crippen LogP contribution is 2.71. The molecule has 5 rings (SSSR count). The Morgan fingerprint density at radius 3 is 1.60 bits per heavy atom. The van der Waals surface area contributed by atoms with E-state index in [4.69, 9.17) is 20.3 Å². The van der Waals surface area contributed by atoms with E-state index < -0.39 is 43.7 Å². The van der Waals surface area contributed by atoms with E-state index in [1.807, 2.05) is 0 Å². The van der Waals surface area contributed by atoms with E-state index in [9.17, 15) is 39.2 Å². The Kier molecular flexibility index (Phi) is 8.52. The summed E-state index contributed by atoms with van der Waals surface area (Å²) < 4.78 is 164. The van der Waals surface area contributed by atoms with Crippen molar-refractivity contribution in [1.29, 1.82) is 0 Å². The molecule has 0 unspecified atom stereocenters. The summed E-state index contributed by atoms with van der Waals surface area (Å²) in [4.78, 5) is -0.681. The van der Waals surface area contributed by atoms with Gasteiger partial charge < -0.3 is 4.42 Å². The van der Waals surface area contributed by atoms with Gasteiger partial charge in [0.05, 0.1) is 4.51 Å². The Hall–Kier alpha value is -3.60. The molecule has 0 fully saturated rings. The minimum absolute atomic E-state index is 0.133. The Labute approximate surface area is 268 Å². The molecule has 1 heterocycles. The van der Waals surface area contributed by atoms with Crippen LogP contribution in [0.25, 0.3) is 21.9 Å². The molecule has 47 heavy (non-hydrogen) atoms. The lowest BCUT2D eigenvalue weighted by molar-refractivity contribution is -0.382. The second-order valence-electron chi connectivity index (χ2n) is 10.5. The zero-order valence-electron chi connectivity index (χ0n) is 23.9. The van der Waals surface area contributed by atoms with Crippen molar-refractivity contribution in [3.8, 4) is 0 Å². The van der Waals surface area contributed by atoms with Crippen molar-refractivity contribution in [2.75, 3.05) is 0 Å². The van der Waals surface area contributed by atoms with Gasteiger partial charge in [-0.15, -0.1) is 0 Å². The fraction of sp³-hybridized carbons (Fsp3) is 0.194. The first-order valence-corrected chi connectivity index (χ1v) is 16.6. The highest BCUT2D eigenvalue weighted by Gasteiger charge is 2.86. The van der Waals surface area contributed by atoms with Crippen molar-refractivity contribution in [1.82, 2.24) is 0 Å². The summed E-state index contributed by atoms with van der Waals surface area (Å²) in [5.41, 5.74) is 1.65. The smallest absolute Gasteiger partial charge is 0.456 e. The minimum Gasteiger partial charge on any atom is -0.456 e. The molecule has 0 atom stereocenters. The maximum atomic E-state index is 15.2. The molecule has 16 heteroatoms. The van der Waals surface area contributed by atoms with Crippen molar-refractivity contribution in [2.45, 2.75) is 51.8 Å². The zero-order chi connectivity index (χ0) is 34.8. The average Bonchev–Trinajstić information content (AvgIpc) is 3.00. The van der Waals surface area contributed by atoms with Gasteiger partial charge in [-0.25, -0.2) is 3.63 Å². The van der Waals surface area contributed by atoms with Crippen LogP contribution in [0.15, 0.2) is 110 Å². The highest BCUT2D eigenvalue weighted by atomic mass is 32.3. The van der Waals surface area contributed by atoms with E-state index >= 15 is 8.78 Å². The minimum atomic E-state index is -7.50. The Balaban J connectivity index is 1.87. The Bertz CT molecular complexity index is 2100. The third kappa shape index (κ3) is 5.48. The number of halogens is 9. The van der Waals surface area contributed by atoms with Crippen LogP contribution in [0, 0.1) is 18.4 Å². The fourth-order valence-corrected chi connectivity index (χ4v) is 10.2. The maximum Gasteiger partial charge on any atom is 0.460 e. The number of hydrogen-bond donors (Lipinski definition) is 0. The second kappa shape index (κ2) is 11.5. The summed E-state index contributed by atoms with van der Waals surface area (Å²) >= 11 is 5.62. The molecule has 0 aliphatic rings. The molecule has 0 aliphatic heterocycles. The van der Waals surface area contributed by atoms with Crippen molar-refractivity contribution < 1.29 is 56.0 Å². The number of hydrogen-bond acceptors (Lipinski definition) is 5. The van der Waals surface area contributed by atoms with Gasteiger partial charge in [-0.1, -0.05) is 59.7 Å². The van der Waals surface area contributed by atoms with Gasteiger partial charge in [0.15, 0.2) is 0 Å². The van der Waals surface area contributed by atoms with Gasteiger partial charge >= 0.3 is 33.4 Å². The first-order valence-electron chi connectivity index (χ1n) is 13.3. The summed E-state index contributed by atoms with van der Waals surface area (Å²) in [6.45, 7) is 3.23. The fourth-order valence-electron chi connectivity index (χ4n) is 4.64. The number of para-hydroxylation sites is 1. The molecule has 0 saturated carbocycles. The van der Waals surface area contributed by atoms with Gasteiger partial charge in [0.25, 0.3) is 0 Å². The number of alkyl halides is 9. The molecule has 0 spiro atoms. The quantitative estimate of drug-likeness (QED) is 0.0906. The van der Waals surface area contributed by atoms with Crippen LogP contribution in [0.3, 0.4) is 0 Å². The number of fused-ring (bicyclic) bond motifs is 2. The largest absolute Gasteiger partial charge is 0.460 e. The van der Waals surface area contributed by atoms with E-state index in [1.165, 1.54) is 66.7 Å². The lowest BCUT2D eigenvalue weighted by atomic mass is 10.1. The van der Waals surface area contributed by atoms with Crippen molar-refractivity contribution in [3.63, 3.8) is 0 Å². The number of benzene rings is 4. The molecule has 0 saturated heterocycles. The molecule has 250 valence electrons. The molecule has 0 radical (unpaired) electrons. The van der Waals surface area contributed by atoms with Gasteiger partial charge in [0.2, 0.25) is 0 Å². The monoisotopic (exact) mass is 724 g/mol. The molecule has 4 nitrogen and oxygen atoms in total. The van der Waals surface area contributed by atoms with Crippen LogP contribution in [0.1, 0.15) is 11.1 Å². The van der Waals surface area contributed by atoms with E-state index in [2.05, 4.69) is 0 Å². The molecular weight excluding hydrogens is 704 g/mol. The van der Waals surface area contributed by atoms with E-state index in [-0.39, 0.29) is 30.2 Å². The molecule has 0 aliphatic carbocycles. The van der Waals surface area contributed by atoms with Gasteiger partial charge in [0.1, 0.15) is 11.2 Å². The lowest BCUT2D eigenvalue weighted by Crippen LogP contribution is -2.63. The molecule has 1 aromatic heterocycles. The molecular formula is C31H21F9O4S3. The van der Waals surface area contributed by atoms with Gasteiger partial charge in [-0.05, 0) is 78.8 Å². The van der Waals surface area contributed by atoms with Crippen LogP contribution >= 0.6 is 22.5 Å². The summed E-state index contributed by atoms with van der Waals surface area (Å²) in [7, 11) is -11.6. The summed E-state index contributed by atoms with van der Waals surface area (Å²) in [6, 6.07) is 20.8. The van der Waals surface area contributed by atoms with Crippen LogP contribution in [-0.2, 0) is 13.7 Å². The molecule has 5 aromatic rings. The third-order valence-corrected chi connectivity index (χ3v) is 12.9. The SMILES string of the molecule is Cc1ccc(S(OS(=O)(=O)C(F)(F)C(F)(F)C(F)(F)C(F)(F)F)(c2ccc(C)cc2)c2ccc3oc4ccccc4c(=S)c3c2)cc1. The third-order valence-electron chi connectivity index (χ3n) is 7.21. The number of aryl methyl sites for hydroxylation is 2. The van der Waals surface area contributed by atoms with Crippen LogP contribution in [0.4, 0.5) is 39.5 Å². The van der Waals surface area contributed by atoms with Gasteiger partial charge in [0, 0.05) is 25.5 Å². The topological polar surface area (TPSA) is 56.5 Å². The number of rotatable bonds is 8. The highest BCUT2D eigenvalue weighted by molar-refractivity contribution is 8.33. The second-order valence-corrected chi connectivity index (χ2v) is 15.4. The van der Waals surface area contributed by atoms with E-state index in [1.54, 1.807) is 38.1 Å². The summed E-state index contributed by atoms with van der Waals surface area (Å²) in [5.74, 6) is -15.0. The van der Waals surface area contributed by atoms with Crippen LogP contribution in [0.5, 0.6) is 0 Å². The van der Waals surface area contributed by atoms with Crippen molar-refractivity contribution >= 4 is 54.6 Å². The summed E-state index contributed by atoms with van der Waals surface area (Å²) in [5, 5.41) is -6.54. The molecule has 0 amide bonds. The molecule has 4 aromatic carbocycles. The summed E-state index contributed by atoms with van der Waals surface area (Å²) in [6.07, 6.45) is -7.25. The normalized spacial score (nSPS) is 14.1. The van der Waals surface area contributed by atoms with E-state index in [0.717, 1.165) is 0 Å². The van der Waals surface area contributed by atoms with Gasteiger partial charge in [-0.3, -0.25) is 0 Å². The van der Waals surface area contributed by atoms with Crippen LogP contribution in [-0.4, -0.2) is 31.7 Å². The van der Waals surface area contributed by atoms with Gasteiger partial charge in [-0.2, -0.15) is 47.9 Å². The standard InChI is InChI=1S/C31H21F9O4S3/c1-18-7-11-20(12-8-18)46(21-13-9-19(2)10-14-21,44-47(41,42)31(39,40)29(34,35)28(32,33)30(36,37)38)22-15-16-26-24(17-22)27(45)23-5-3-4-6-25(23)43-26/h3-17H,1-2H3.